The van der Waals surface area contributed by atoms with E-state index >= 15 is 0 Å². The SMILES string of the molecule is Cc1cc(C(=O)N2CC(n3cc(C(N)=O)nn3)C2)c(C)n1Cc1ccccc1. The van der Waals surface area contributed by atoms with E-state index in [0.717, 1.165) is 23.5 Å². The molecule has 0 spiro atoms. The first-order valence-electron chi connectivity index (χ1n) is 9.15. The van der Waals surface area contributed by atoms with E-state index in [0.29, 0.717) is 13.1 Å². The fourth-order valence-electron chi connectivity index (χ4n) is 3.55. The quantitative estimate of drug-likeness (QED) is 0.728. The first-order chi connectivity index (χ1) is 13.4. The molecule has 1 aliphatic heterocycles. The van der Waals surface area contributed by atoms with Crippen molar-refractivity contribution in [2.24, 2.45) is 5.73 Å². The van der Waals surface area contributed by atoms with Crippen molar-refractivity contribution in [1.29, 1.82) is 0 Å². The van der Waals surface area contributed by atoms with Gasteiger partial charge in [0.2, 0.25) is 0 Å². The van der Waals surface area contributed by atoms with Crippen molar-refractivity contribution in [2.75, 3.05) is 13.1 Å². The summed E-state index contributed by atoms with van der Waals surface area (Å²) in [5.74, 6) is -0.594. The van der Waals surface area contributed by atoms with Crippen molar-refractivity contribution >= 4 is 11.8 Å². The maximum atomic E-state index is 12.9. The number of likely N-dealkylation sites (tertiary alicyclic amines) is 1. The average molecular weight is 378 g/mol. The van der Waals surface area contributed by atoms with Crippen LogP contribution in [-0.2, 0) is 6.54 Å². The lowest BCUT2D eigenvalue weighted by Gasteiger charge is -2.38. The van der Waals surface area contributed by atoms with Crippen LogP contribution in [0.4, 0.5) is 0 Å². The van der Waals surface area contributed by atoms with Gasteiger partial charge >= 0.3 is 0 Å². The van der Waals surface area contributed by atoms with E-state index in [1.165, 1.54) is 11.8 Å². The minimum absolute atomic E-state index is 0.0114. The van der Waals surface area contributed by atoms with Gasteiger partial charge in [0.15, 0.2) is 5.69 Å². The Kier molecular flexibility index (Phi) is 4.46. The van der Waals surface area contributed by atoms with Crippen molar-refractivity contribution in [3.05, 3.63) is 70.8 Å². The molecule has 0 unspecified atom stereocenters. The van der Waals surface area contributed by atoms with Crippen LogP contribution in [0.25, 0.3) is 0 Å². The third-order valence-corrected chi connectivity index (χ3v) is 5.27. The lowest BCUT2D eigenvalue weighted by molar-refractivity contribution is 0.0497. The van der Waals surface area contributed by atoms with Crippen molar-refractivity contribution in [3.8, 4) is 0 Å². The number of nitrogens with zero attached hydrogens (tertiary/aromatic N) is 5. The van der Waals surface area contributed by atoms with Gasteiger partial charge in [-0.2, -0.15) is 0 Å². The molecule has 1 fully saturated rings. The summed E-state index contributed by atoms with van der Waals surface area (Å²) in [7, 11) is 0. The highest BCUT2D eigenvalue weighted by Crippen LogP contribution is 2.25. The molecule has 2 amide bonds. The molecule has 0 aliphatic carbocycles. The van der Waals surface area contributed by atoms with Gasteiger partial charge in [-0.1, -0.05) is 35.5 Å². The highest BCUT2D eigenvalue weighted by molar-refractivity contribution is 5.96. The summed E-state index contributed by atoms with van der Waals surface area (Å²) >= 11 is 0. The number of nitrogens with two attached hydrogens (primary N) is 1. The Balaban J connectivity index is 1.46. The zero-order chi connectivity index (χ0) is 19.8. The summed E-state index contributed by atoms with van der Waals surface area (Å²) in [6, 6.07) is 12.2. The fourth-order valence-corrected chi connectivity index (χ4v) is 3.55. The molecule has 8 nitrogen and oxygen atoms in total. The van der Waals surface area contributed by atoms with E-state index in [1.54, 1.807) is 9.58 Å². The van der Waals surface area contributed by atoms with Crippen LogP contribution in [0.1, 0.15) is 43.8 Å². The summed E-state index contributed by atoms with van der Waals surface area (Å²) in [4.78, 5) is 25.9. The third-order valence-electron chi connectivity index (χ3n) is 5.27. The van der Waals surface area contributed by atoms with Gasteiger partial charge in [-0.25, -0.2) is 4.68 Å². The van der Waals surface area contributed by atoms with E-state index in [4.69, 9.17) is 5.73 Å². The summed E-state index contributed by atoms with van der Waals surface area (Å²) in [6.45, 7) is 5.80. The maximum Gasteiger partial charge on any atom is 0.270 e. The molecule has 1 aromatic carbocycles. The molecule has 28 heavy (non-hydrogen) atoms. The van der Waals surface area contributed by atoms with Crippen LogP contribution in [0.3, 0.4) is 0 Å². The minimum atomic E-state index is -0.607. The molecule has 4 rings (SSSR count). The monoisotopic (exact) mass is 378 g/mol. The van der Waals surface area contributed by atoms with Gasteiger partial charge in [-0.3, -0.25) is 9.59 Å². The Morgan fingerprint density at radius 3 is 2.54 bits per heavy atom. The van der Waals surface area contributed by atoms with Crippen LogP contribution in [0, 0.1) is 13.8 Å². The van der Waals surface area contributed by atoms with Gasteiger partial charge in [-0.15, -0.1) is 5.10 Å². The number of aryl methyl sites for hydroxylation is 1. The molecule has 1 saturated heterocycles. The summed E-state index contributed by atoms with van der Waals surface area (Å²) in [6.07, 6.45) is 1.53. The molecule has 144 valence electrons. The fraction of sp³-hybridized carbons (Fsp3) is 0.300. The first kappa shape index (κ1) is 18.0. The smallest absolute Gasteiger partial charge is 0.270 e. The van der Waals surface area contributed by atoms with Crippen LogP contribution in [0.15, 0.2) is 42.6 Å². The topological polar surface area (TPSA) is 99.0 Å². The number of carbonyl (C=O) groups is 2. The molecule has 8 heteroatoms. The summed E-state index contributed by atoms with van der Waals surface area (Å²) < 4.78 is 3.76. The Morgan fingerprint density at radius 2 is 1.89 bits per heavy atom. The predicted octanol–water partition coefficient (Wildman–Crippen LogP) is 1.54. The molecule has 1 aliphatic rings. The van der Waals surface area contributed by atoms with Crippen molar-refractivity contribution in [3.63, 3.8) is 0 Å². The zero-order valence-electron chi connectivity index (χ0n) is 15.9. The molecular formula is C20H22N6O2. The Morgan fingerprint density at radius 1 is 1.18 bits per heavy atom. The van der Waals surface area contributed by atoms with Crippen molar-refractivity contribution in [1.82, 2.24) is 24.5 Å². The van der Waals surface area contributed by atoms with Gasteiger partial charge in [0.05, 0.1) is 17.8 Å². The van der Waals surface area contributed by atoms with Gasteiger partial charge in [0.1, 0.15) is 0 Å². The molecule has 3 heterocycles. The van der Waals surface area contributed by atoms with Gasteiger partial charge in [-0.05, 0) is 25.5 Å². The second-order valence-corrected chi connectivity index (χ2v) is 7.17. The van der Waals surface area contributed by atoms with Gasteiger partial charge in [0.25, 0.3) is 11.8 Å². The highest BCUT2D eigenvalue weighted by atomic mass is 16.2. The summed E-state index contributed by atoms with van der Waals surface area (Å²) in [5, 5.41) is 7.68. The highest BCUT2D eigenvalue weighted by Gasteiger charge is 2.34. The standard InChI is InChI=1S/C20H22N6O2/c1-13-8-17(14(2)25(13)9-15-6-4-3-5-7-15)20(28)24-10-16(11-24)26-12-18(19(21)27)22-23-26/h3-8,12,16H,9-11H2,1-2H3,(H2,21,27). The molecule has 0 bridgehead atoms. The number of rotatable bonds is 5. The first-order valence-corrected chi connectivity index (χ1v) is 9.15. The van der Waals surface area contributed by atoms with E-state index in [2.05, 4.69) is 27.0 Å². The Labute approximate surface area is 162 Å². The number of hydrogen-bond donors (Lipinski definition) is 1. The minimum Gasteiger partial charge on any atom is -0.364 e. The number of carbonyl (C=O) groups excluding carboxylic acids is 2. The lowest BCUT2D eigenvalue weighted by atomic mass is 10.1. The molecule has 2 N–H and O–H groups in total. The molecule has 0 atom stereocenters. The zero-order valence-corrected chi connectivity index (χ0v) is 15.9. The number of primary amides is 1. The molecule has 0 saturated carbocycles. The number of aromatic nitrogens is 4. The normalized spacial score (nSPS) is 14.1. The number of hydrogen-bond acceptors (Lipinski definition) is 4. The van der Waals surface area contributed by atoms with E-state index in [9.17, 15) is 9.59 Å². The van der Waals surface area contributed by atoms with Crippen molar-refractivity contribution < 1.29 is 9.59 Å². The number of benzene rings is 1. The largest absolute Gasteiger partial charge is 0.364 e. The van der Waals surface area contributed by atoms with E-state index in [-0.39, 0.29) is 17.6 Å². The van der Waals surface area contributed by atoms with Crippen LogP contribution in [-0.4, -0.2) is 49.4 Å². The number of amides is 2. The van der Waals surface area contributed by atoms with E-state index < -0.39 is 5.91 Å². The van der Waals surface area contributed by atoms with Gasteiger partial charge in [0, 0.05) is 31.0 Å². The summed E-state index contributed by atoms with van der Waals surface area (Å²) in [5.41, 5.74) is 9.29. The third kappa shape index (κ3) is 3.17. The Hall–Kier alpha value is -3.42. The predicted molar refractivity (Wildman–Crippen MR) is 103 cm³/mol. The molecule has 2 aromatic heterocycles. The second kappa shape index (κ2) is 6.95. The van der Waals surface area contributed by atoms with Crippen molar-refractivity contribution in [2.45, 2.75) is 26.4 Å². The van der Waals surface area contributed by atoms with Crippen LogP contribution >= 0.6 is 0 Å². The van der Waals surface area contributed by atoms with E-state index in [1.807, 2.05) is 38.1 Å². The van der Waals surface area contributed by atoms with Crippen LogP contribution in [0.5, 0.6) is 0 Å². The molecule has 3 aromatic rings. The lowest BCUT2D eigenvalue weighted by Crippen LogP contribution is -2.51. The van der Waals surface area contributed by atoms with Crippen LogP contribution < -0.4 is 5.73 Å². The van der Waals surface area contributed by atoms with Gasteiger partial charge < -0.3 is 15.2 Å². The Bertz CT molecular complexity index is 1030. The van der Waals surface area contributed by atoms with Crippen LogP contribution in [0.2, 0.25) is 0 Å². The molecular weight excluding hydrogens is 356 g/mol. The maximum absolute atomic E-state index is 12.9. The molecule has 0 radical (unpaired) electrons. The second-order valence-electron chi connectivity index (χ2n) is 7.17. The average Bonchev–Trinajstić information content (AvgIpc) is 3.22.